The largest absolute Gasteiger partial charge is 0.451 e. The number of carbonyl (C=O) groups excluding carboxylic acids is 1. The van der Waals surface area contributed by atoms with Gasteiger partial charge in [-0.15, -0.1) is 0 Å². The first kappa shape index (κ1) is 29.3. The van der Waals surface area contributed by atoms with Gasteiger partial charge in [-0.05, 0) is 30.7 Å². The van der Waals surface area contributed by atoms with E-state index < -0.39 is 82.1 Å². The molecule has 3 aromatic heterocycles. The predicted octanol–water partition coefficient (Wildman–Crippen LogP) is 3.84. The Kier molecular flexibility index (Phi) is 8.07. The van der Waals surface area contributed by atoms with Crippen LogP contribution in [0, 0.1) is 5.82 Å². The standard InChI is InChI=1S/C23H19F7N6O3S/c1-11-16(25)5-17(36(11)40(38,39)18-3-2-15(24)10-31-18)21(37)33-7-13-4-12(6-32-19(13)20(26)27)14-8-34-22(35-9-14)23(28,29)30/h2-4,6,8-11,16-17,20H,5,7H2,1H3,(H,33,37). The van der Waals surface area contributed by atoms with Crippen LogP contribution in [0.2, 0.25) is 0 Å². The van der Waals surface area contributed by atoms with Crippen molar-refractivity contribution in [3.05, 3.63) is 65.9 Å². The van der Waals surface area contributed by atoms with Crippen LogP contribution in [0.25, 0.3) is 11.1 Å². The second-order valence-corrected chi connectivity index (χ2v) is 10.5. The Bertz CT molecular complexity index is 1490. The number of pyridine rings is 2. The van der Waals surface area contributed by atoms with Crippen molar-refractivity contribution in [1.29, 1.82) is 0 Å². The van der Waals surface area contributed by atoms with Gasteiger partial charge in [-0.3, -0.25) is 9.78 Å². The molecule has 1 amide bonds. The average molecular weight is 592 g/mol. The lowest BCUT2D eigenvalue weighted by Gasteiger charge is -2.26. The summed E-state index contributed by atoms with van der Waals surface area (Å²) in [7, 11) is -4.56. The molecule has 0 bridgehead atoms. The van der Waals surface area contributed by atoms with Crippen LogP contribution in [0.15, 0.2) is 48.0 Å². The van der Waals surface area contributed by atoms with Crippen LogP contribution in [0.3, 0.4) is 0 Å². The minimum Gasteiger partial charge on any atom is -0.351 e. The number of nitrogens with zero attached hydrogens (tertiary/aromatic N) is 5. The maximum atomic E-state index is 14.6. The molecule has 1 aliphatic heterocycles. The summed E-state index contributed by atoms with van der Waals surface area (Å²) in [5.41, 5.74) is -0.909. The van der Waals surface area contributed by atoms with E-state index in [0.717, 1.165) is 36.8 Å². The van der Waals surface area contributed by atoms with Crippen molar-refractivity contribution in [2.45, 2.75) is 55.8 Å². The molecule has 1 aliphatic rings. The third-order valence-corrected chi connectivity index (χ3v) is 8.04. The lowest BCUT2D eigenvalue weighted by atomic mass is 10.1. The van der Waals surface area contributed by atoms with E-state index in [1.54, 1.807) is 0 Å². The molecular weight excluding hydrogens is 573 g/mol. The zero-order valence-corrected chi connectivity index (χ0v) is 21.1. The molecule has 17 heteroatoms. The van der Waals surface area contributed by atoms with Crippen LogP contribution in [0.5, 0.6) is 0 Å². The number of alkyl halides is 6. The highest BCUT2D eigenvalue weighted by Crippen LogP contribution is 2.33. The minimum atomic E-state index is -4.80. The van der Waals surface area contributed by atoms with Crippen molar-refractivity contribution in [2.24, 2.45) is 0 Å². The third-order valence-electron chi connectivity index (χ3n) is 6.13. The molecule has 3 atom stereocenters. The highest BCUT2D eigenvalue weighted by atomic mass is 32.2. The number of sulfonamides is 1. The summed E-state index contributed by atoms with van der Waals surface area (Å²) < 4.78 is 120. The second-order valence-electron chi connectivity index (χ2n) is 8.74. The Labute approximate surface area is 222 Å². The molecule has 1 fully saturated rings. The van der Waals surface area contributed by atoms with Crippen LogP contribution in [0.4, 0.5) is 30.7 Å². The van der Waals surface area contributed by atoms with E-state index in [2.05, 4.69) is 25.3 Å². The van der Waals surface area contributed by atoms with Crippen LogP contribution >= 0.6 is 0 Å². The smallest absolute Gasteiger partial charge is 0.351 e. The lowest BCUT2D eigenvalue weighted by Crippen LogP contribution is -2.48. The van der Waals surface area contributed by atoms with Gasteiger partial charge in [0.25, 0.3) is 16.4 Å². The molecule has 0 spiro atoms. The Balaban J connectivity index is 1.58. The third kappa shape index (κ3) is 5.89. The molecule has 214 valence electrons. The van der Waals surface area contributed by atoms with Gasteiger partial charge in [0, 0.05) is 42.7 Å². The van der Waals surface area contributed by atoms with Gasteiger partial charge in [0.15, 0.2) is 5.03 Å². The predicted molar refractivity (Wildman–Crippen MR) is 123 cm³/mol. The van der Waals surface area contributed by atoms with Gasteiger partial charge in [0.2, 0.25) is 11.7 Å². The van der Waals surface area contributed by atoms with Gasteiger partial charge >= 0.3 is 6.18 Å². The summed E-state index contributed by atoms with van der Waals surface area (Å²) in [6.45, 7) is 0.624. The fourth-order valence-electron chi connectivity index (χ4n) is 4.13. The van der Waals surface area contributed by atoms with E-state index in [4.69, 9.17) is 0 Å². The topological polar surface area (TPSA) is 118 Å². The van der Waals surface area contributed by atoms with E-state index >= 15 is 0 Å². The molecule has 3 aromatic rings. The zero-order chi connectivity index (χ0) is 29.4. The molecule has 1 N–H and O–H groups in total. The highest BCUT2D eigenvalue weighted by Gasteiger charge is 2.49. The zero-order valence-electron chi connectivity index (χ0n) is 20.3. The molecular formula is C23H19F7N6O3S. The van der Waals surface area contributed by atoms with Crippen molar-refractivity contribution in [2.75, 3.05) is 0 Å². The van der Waals surface area contributed by atoms with Gasteiger partial charge in [-0.1, -0.05) is 0 Å². The van der Waals surface area contributed by atoms with E-state index in [1.807, 2.05) is 0 Å². The summed E-state index contributed by atoms with van der Waals surface area (Å²) in [4.78, 5) is 26.6. The van der Waals surface area contributed by atoms with E-state index in [9.17, 15) is 43.9 Å². The fraction of sp³-hybridized carbons (Fsp3) is 0.348. The van der Waals surface area contributed by atoms with E-state index in [0.29, 0.717) is 10.5 Å². The van der Waals surface area contributed by atoms with Crippen LogP contribution in [-0.2, 0) is 27.5 Å². The number of amides is 1. The average Bonchev–Trinajstić information content (AvgIpc) is 3.21. The van der Waals surface area contributed by atoms with Gasteiger partial charge in [0.1, 0.15) is 23.7 Å². The van der Waals surface area contributed by atoms with E-state index in [1.165, 1.54) is 6.92 Å². The molecule has 0 aromatic carbocycles. The van der Waals surface area contributed by atoms with E-state index in [-0.39, 0.29) is 16.7 Å². The lowest BCUT2D eigenvalue weighted by molar-refractivity contribution is -0.145. The molecule has 9 nitrogen and oxygen atoms in total. The highest BCUT2D eigenvalue weighted by molar-refractivity contribution is 7.89. The van der Waals surface area contributed by atoms with Crippen LogP contribution in [0.1, 0.15) is 36.9 Å². The summed E-state index contributed by atoms with van der Waals surface area (Å²) in [5.74, 6) is -3.24. The molecule has 0 aliphatic carbocycles. The normalized spacial score (nSPS) is 20.2. The molecule has 4 rings (SSSR count). The molecule has 1 saturated heterocycles. The quantitative estimate of drug-likeness (QED) is 0.415. The number of hydrogen-bond donors (Lipinski definition) is 1. The molecule has 4 heterocycles. The molecule has 3 unspecified atom stereocenters. The Morgan fingerprint density at radius 3 is 2.30 bits per heavy atom. The summed E-state index contributed by atoms with van der Waals surface area (Å²) in [5, 5.41) is 1.68. The number of rotatable bonds is 7. The fourth-order valence-corrected chi connectivity index (χ4v) is 5.86. The van der Waals surface area contributed by atoms with Crippen LogP contribution in [-0.4, -0.2) is 56.8 Å². The van der Waals surface area contributed by atoms with Crippen molar-refractivity contribution < 1.29 is 43.9 Å². The molecule has 40 heavy (non-hydrogen) atoms. The maximum Gasteiger partial charge on any atom is 0.451 e. The van der Waals surface area contributed by atoms with Gasteiger partial charge < -0.3 is 5.32 Å². The van der Waals surface area contributed by atoms with Crippen molar-refractivity contribution >= 4 is 15.9 Å². The summed E-state index contributed by atoms with van der Waals surface area (Å²) >= 11 is 0. The van der Waals surface area contributed by atoms with Crippen molar-refractivity contribution in [3.8, 4) is 11.1 Å². The SMILES string of the molecule is CC1C(F)CC(C(=O)NCc2cc(-c3cnc(C(F)(F)F)nc3)cnc2C(F)F)N1S(=O)(=O)c1ccc(F)cn1. The van der Waals surface area contributed by atoms with Gasteiger partial charge in [0.05, 0.1) is 12.2 Å². The van der Waals surface area contributed by atoms with Gasteiger partial charge in [-0.2, -0.15) is 17.5 Å². The monoisotopic (exact) mass is 592 g/mol. The number of carbonyl (C=O) groups is 1. The Hall–Kier alpha value is -3.73. The maximum absolute atomic E-state index is 14.6. The minimum absolute atomic E-state index is 0.0165. The first-order valence-corrected chi connectivity index (χ1v) is 12.9. The molecule has 0 radical (unpaired) electrons. The van der Waals surface area contributed by atoms with Crippen LogP contribution < -0.4 is 5.32 Å². The second kappa shape index (κ2) is 11.0. The van der Waals surface area contributed by atoms with Gasteiger partial charge in [-0.25, -0.2) is 40.9 Å². The number of nitrogens with one attached hydrogen (secondary N) is 1. The number of halogens is 7. The number of hydrogen-bond acceptors (Lipinski definition) is 7. The first-order valence-electron chi connectivity index (χ1n) is 11.4. The Morgan fingerprint density at radius 1 is 1.07 bits per heavy atom. The summed E-state index contributed by atoms with van der Waals surface area (Å²) in [6.07, 6.45) is -6.94. The number of aromatic nitrogens is 4. The van der Waals surface area contributed by atoms with Crippen molar-refractivity contribution in [1.82, 2.24) is 29.6 Å². The first-order chi connectivity index (χ1) is 18.7. The van der Waals surface area contributed by atoms with Crippen molar-refractivity contribution in [3.63, 3.8) is 0 Å². The summed E-state index contributed by atoms with van der Waals surface area (Å²) in [6, 6.07) is -0.0666. The Morgan fingerprint density at radius 2 is 1.73 bits per heavy atom. The molecule has 0 saturated carbocycles.